The topological polar surface area (TPSA) is 71.1 Å². The first-order valence-corrected chi connectivity index (χ1v) is 10.2. The number of para-hydroxylation sites is 1. The Morgan fingerprint density at radius 2 is 2.15 bits per heavy atom. The first-order valence-electron chi connectivity index (χ1n) is 8.80. The van der Waals surface area contributed by atoms with Crippen molar-refractivity contribution in [2.24, 2.45) is 0 Å². The lowest BCUT2D eigenvalue weighted by atomic mass is 10.1. The molecule has 1 aromatic carbocycles. The Morgan fingerprint density at radius 3 is 3.00 bits per heavy atom. The number of rotatable bonds is 5. The number of carbonyl (C=O) groups is 1. The van der Waals surface area contributed by atoms with Crippen LogP contribution < -0.4 is 4.74 Å². The number of nitrogens with zero attached hydrogens (tertiary/aromatic N) is 3. The van der Waals surface area contributed by atoms with Crippen LogP contribution in [0.1, 0.15) is 12.8 Å². The molecular weight excluding hydrogens is 384 g/mol. The van der Waals surface area contributed by atoms with Gasteiger partial charge in [-0.05, 0) is 18.9 Å². The molecule has 0 spiro atoms. The maximum absolute atomic E-state index is 12.7. The Balaban J connectivity index is 1.33. The number of aromatic nitrogens is 3. The number of likely N-dealkylation sites (tertiary alicyclic amines) is 1. The maximum Gasteiger partial charge on any atom is 0.316 e. The number of carbonyl (C=O) groups excluding carboxylic acids is 1. The molecular formula is C19H19ClN4O2S. The molecule has 1 fully saturated rings. The smallest absolute Gasteiger partial charge is 0.316 e. The lowest BCUT2D eigenvalue weighted by molar-refractivity contribution is -0.131. The molecule has 1 aliphatic heterocycles. The lowest BCUT2D eigenvalue weighted by Gasteiger charge is -2.32. The maximum atomic E-state index is 12.7. The van der Waals surface area contributed by atoms with E-state index in [9.17, 15) is 4.79 Å². The average Bonchev–Trinajstić information content (AvgIpc) is 3.11. The summed E-state index contributed by atoms with van der Waals surface area (Å²) < 4.78 is 5.81. The van der Waals surface area contributed by atoms with Crippen LogP contribution in [0.2, 0.25) is 5.02 Å². The number of nitrogens with one attached hydrogen (secondary N) is 1. The number of aromatic amines is 1. The summed E-state index contributed by atoms with van der Waals surface area (Å²) in [6, 6.07) is 8.40. The monoisotopic (exact) mass is 402 g/mol. The van der Waals surface area contributed by atoms with Crippen molar-refractivity contribution < 1.29 is 9.53 Å². The highest BCUT2D eigenvalue weighted by atomic mass is 35.5. The van der Waals surface area contributed by atoms with Gasteiger partial charge in [0.15, 0.2) is 0 Å². The van der Waals surface area contributed by atoms with Crippen LogP contribution in [0.25, 0.3) is 10.9 Å². The van der Waals surface area contributed by atoms with Crippen molar-refractivity contribution in [2.45, 2.75) is 23.8 Å². The third-order valence-electron chi connectivity index (χ3n) is 4.50. The normalized spacial score (nSPS) is 17.2. The highest BCUT2D eigenvalue weighted by molar-refractivity contribution is 8.00. The SMILES string of the molecule is O=C(CSc1c[nH]c2ccccc12)N1CCCC(Oc2ncc(Cl)cn2)C1. The van der Waals surface area contributed by atoms with Gasteiger partial charge in [-0.2, -0.15) is 0 Å². The largest absolute Gasteiger partial charge is 0.458 e. The number of ether oxygens (including phenoxy) is 1. The van der Waals surface area contributed by atoms with Gasteiger partial charge in [-0.25, -0.2) is 9.97 Å². The van der Waals surface area contributed by atoms with Gasteiger partial charge in [-0.15, -0.1) is 11.8 Å². The van der Waals surface area contributed by atoms with Gasteiger partial charge in [-0.1, -0.05) is 29.8 Å². The van der Waals surface area contributed by atoms with Crippen molar-refractivity contribution in [1.29, 1.82) is 0 Å². The van der Waals surface area contributed by atoms with Crippen LogP contribution in [-0.4, -0.2) is 50.7 Å². The molecule has 1 atom stereocenters. The Hall–Kier alpha value is -2.25. The van der Waals surface area contributed by atoms with Gasteiger partial charge in [0.05, 0.1) is 29.7 Å². The predicted molar refractivity (Wildman–Crippen MR) is 106 cm³/mol. The van der Waals surface area contributed by atoms with Crippen LogP contribution in [0.5, 0.6) is 6.01 Å². The molecule has 2 aromatic heterocycles. The molecule has 8 heteroatoms. The molecule has 1 amide bonds. The zero-order valence-electron chi connectivity index (χ0n) is 14.6. The van der Waals surface area contributed by atoms with Gasteiger partial charge < -0.3 is 14.6 Å². The second-order valence-electron chi connectivity index (χ2n) is 6.39. The zero-order valence-corrected chi connectivity index (χ0v) is 16.2. The third-order valence-corrected chi connectivity index (χ3v) is 5.74. The van der Waals surface area contributed by atoms with E-state index < -0.39 is 0 Å². The molecule has 1 saturated heterocycles. The lowest BCUT2D eigenvalue weighted by Crippen LogP contribution is -2.45. The molecule has 6 nitrogen and oxygen atoms in total. The van der Waals surface area contributed by atoms with Crippen molar-refractivity contribution in [3.8, 4) is 6.01 Å². The van der Waals surface area contributed by atoms with Crippen molar-refractivity contribution in [3.63, 3.8) is 0 Å². The van der Waals surface area contributed by atoms with Crippen molar-refractivity contribution in [1.82, 2.24) is 19.9 Å². The van der Waals surface area contributed by atoms with E-state index >= 15 is 0 Å². The minimum absolute atomic E-state index is 0.0954. The van der Waals surface area contributed by atoms with E-state index in [4.69, 9.17) is 16.3 Å². The molecule has 0 bridgehead atoms. The standard InChI is InChI=1S/C19H19ClN4O2S/c20-13-8-22-19(23-9-13)26-14-4-3-7-24(11-14)18(25)12-27-17-10-21-16-6-2-1-5-15(16)17/h1-2,5-6,8-10,14,21H,3-4,7,11-12H2. The molecule has 1 N–H and O–H groups in total. The summed E-state index contributed by atoms with van der Waals surface area (Å²) in [4.78, 5) is 27.0. The molecule has 0 aliphatic carbocycles. The van der Waals surface area contributed by atoms with E-state index in [0.717, 1.165) is 35.2 Å². The Kier molecular flexibility index (Phi) is 5.50. The highest BCUT2D eigenvalue weighted by Gasteiger charge is 2.25. The average molecular weight is 403 g/mol. The number of thioether (sulfide) groups is 1. The number of piperidine rings is 1. The summed E-state index contributed by atoms with van der Waals surface area (Å²) in [6.07, 6.45) is 6.67. The zero-order chi connectivity index (χ0) is 18.6. The second kappa shape index (κ2) is 8.19. The van der Waals surface area contributed by atoms with E-state index in [-0.39, 0.29) is 12.0 Å². The summed E-state index contributed by atoms with van der Waals surface area (Å²) in [5.41, 5.74) is 1.09. The van der Waals surface area contributed by atoms with Gasteiger partial charge in [0.1, 0.15) is 6.10 Å². The van der Waals surface area contributed by atoms with Crippen LogP contribution in [0, 0.1) is 0 Å². The summed E-state index contributed by atoms with van der Waals surface area (Å²) in [5, 5.41) is 1.62. The molecule has 3 heterocycles. The summed E-state index contributed by atoms with van der Waals surface area (Å²) >= 11 is 7.36. The van der Waals surface area contributed by atoms with Crippen LogP contribution in [-0.2, 0) is 4.79 Å². The molecule has 1 unspecified atom stereocenters. The number of amides is 1. The first-order chi connectivity index (χ1) is 13.2. The number of hydrogen-bond acceptors (Lipinski definition) is 5. The van der Waals surface area contributed by atoms with Gasteiger partial charge in [0.25, 0.3) is 0 Å². The Labute approximate surface area is 166 Å². The molecule has 0 saturated carbocycles. The number of H-pyrrole nitrogens is 1. The number of halogens is 1. The minimum atomic E-state index is -0.0954. The predicted octanol–water partition coefficient (Wildman–Crippen LogP) is 3.77. The Morgan fingerprint density at radius 1 is 1.33 bits per heavy atom. The molecule has 140 valence electrons. The fraction of sp³-hybridized carbons (Fsp3) is 0.316. The molecule has 27 heavy (non-hydrogen) atoms. The van der Waals surface area contributed by atoms with E-state index in [2.05, 4.69) is 21.0 Å². The van der Waals surface area contributed by atoms with E-state index in [1.165, 1.54) is 12.4 Å². The fourth-order valence-electron chi connectivity index (χ4n) is 3.17. The van der Waals surface area contributed by atoms with Gasteiger partial charge in [-0.3, -0.25) is 4.79 Å². The molecule has 1 aliphatic rings. The summed E-state index contributed by atoms with van der Waals surface area (Å²) in [6.45, 7) is 1.31. The van der Waals surface area contributed by atoms with Gasteiger partial charge >= 0.3 is 6.01 Å². The van der Waals surface area contributed by atoms with Crippen LogP contribution >= 0.6 is 23.4 Å². The van der Waals surface area contributed by atoms with E-state index in [1.807, 2.05) is 29.3 Å². The van der Waals surface area contributed by atoms with Crippen molar-refractivity contribution in [3.05, 3.63) is 47.9 Å². The van der Waals surface area contributed by atoms with Crippen LogP contribution in [0.15, 0.2) is 47.8 Å². The fourth-order valence-corrected chi connectivity index (χ4v) is 4.20. The number of benzene rings is 1. The van der Waals surface area contributed by atoms with Crippen molar-refractivity contribution in [2.75, 3.05) is 18.8 Å². The van der Waals surface area contributed by atoms with Crippen LogP contribution in [0.3, 0.4) is 0 Å². The summed E-state index contributed by atoms with van der Waals surface area (Å²) in [7, 11) is 0. The summed E-state index contributed by atoms with van der Waals surface area (Å²) in [5.74, 6) is 0.530. The van der Waals surface area contributed by atoms with Gasteiger partial charge in [0.2, 0.25) is 5.91 Å². The quantitative estimate of drug-likeness (QED) is 0.657. The second-order valence-corrected chi connectivity index (χ2v) is 7.85. The highest BCUT2D eigenvalue weighted by Crippen LogP contribution is 2.28. The van der Waals surface area contributed by atoms with Crippen LogP contribution in [0.4, 0.5) is 0 Å². The van der Waals surface area contributed by atoms with E-state index in [1.54, 1.807) is 11.8 Å². The number of fused-ring (bicyclic) bond motifs is 1. The third kappa shape index (κ3) is 4.36. The number of hydrogen-bond donors (Lipinski definition) is 1. The van der Waals surface area contributed by atoms with Crippen molar-refractivity contribution >= 4 is 40.2 Å². The minimum Gasteiger partial charge on any atom is -0.458 e. The molecule has 4 rings (SSSR count). The first kappa shape index (κ1) is 18.1. The molecule has 0 radical (unpaired) electrons. The van der Waals surface area contributed by atoms with E-state index in [0.29, 0.717) is 23.3 Å². The van der Waals surface area contributed by atoms with Gasteiger partial charge in [0, 0.05) is 28.5 Å². The molecule has 3 aromatic rings. The Bertz CT molecular complexity index is 931.